The number of ether oxygens (including phenoxy) is 1. The first-order valence-corrected chi connectivity index (χ1v) is 6.30. The lowest BCUT2D eigenvalue weighted by molar-refractivity contribution is -0.385. The molecule has 1 heterocycles. The molecule has 0 bridgehead atoms. The lowest BCUT2D eigenvalue weighted by Gasteiger charge is -2.12. The Morgan fingerprint density at radius 1 is 1.43 bits per heavy atom. The van der Waals surface area contributed by atoms with Gasteiger partial charge in [-0.15, -0.1) is 0 Å². The molecule has 0 spiro atoms. The SMILES string of the molecule is CCc1c(NN)ncnc1Oc1cc(C)ccc1[N+](=O)[O-]. The Morgan fingerprint density at radius 3 is 2.81 bits per heavy atom. The monoisotopic (exact) mass is 289 g/mol. The maximum Gasteiger partial charge on any atom is 0.311 e. The zero-order valence-corrected chi connectivity index (χ0v) is 11.7. The molecule has 0 aliphatic rings. The van der Waals surface area contributed by atoms with Gasteiger partial charge in [0.2, 0.25) is 11.6 Å². The summed E-state index contributed by atoms with van der Waals surface area (Å²) in [5, 5.41) is 11.1. The minimum Gasteiger partial charge on any atom is -0.431 e. The van der Waals surface area contributed by atoms with Crippen molar-refractivity contribution in [1.29, 1.82) is 0 Å². The van der Waals surface area contributed by atoms with Crippen molar-refractivity contribution in [3.05, 3.63) is 45.8 Å². The summed E-state index contributed by atoms with van der Waals surface area (Å²) in [6, 6.07) is 4.65. The van der Waals surface area contributed by atoms with Crippen LogP contribution in [0.5, 0.6) is 11.6 Å². The molecule has 0 aliphatic heterocycles. The number of aromatic nitrogens is 2. The largest absolute Gasteiger partial charge is 0.431 e. The number of nitrogen functional groups attached to an aromatic ring is 1. The molecule has 0 saturated heterocycles. The second-order valence-corrected chi connectivity index (χ2v) is 4.33. The van der Waals surface area contributed by atoms with Gasteiger partial charge in [0.05, 0.1) is 10.5 Å². The predicted octanol–water partition coefficient (Wildman–Crippen LogP) is 2.33. The summed E-state index contributed by atoms with van der Waals surface area (Å²) in [7, 11) is 0. The van der Waals surface area contributed by atoms with Crippen molar-refractivity contribution in [1.82, 2.24) is 9.97 Å². The van der Waals surface area contributed by atoms with Crippen LogP contribution in [0.2, 0.25) is 0 Å². The number of nitrogens with two attached hydrogens (primary N) is 1. The second-order valence-electron chi connectivity index (χ2n) is 4.33. The molecule has 0 atom stereocenters. The number of aryl methyl sites for hydroxylation is 1. The van der Waals surface area contributed by atoms with Gasteiger partial charge in [0, 0.05) is 6.07 Å². The quantitative estimate of drug-likeness (QED) is 0.493. The summed E-state index contributed by atoms with van der Waals surface area (Å²) in [6.07, 6.45) is 1.85. The zero-order valence-electron chi connectivity index (χ0n) is 11.7. The Labute approximate surface area is 121 Å². The van der Waals surface area contributed by atoms with E-state index < -0.39 is 4.92 Å². The third-order valence-corrected chi connectivity index (χ3v) is 2.91. The van der Waals surface area contributed by atoms with E-state index in [1.807, 2.05) is 13.8 Å². The number of nitrogens with one attached hydrogen (secondary N) is 1. The van der Waals surface area contributed by atoms with Crippen molar-refractivity contribution in [3.8, 4) is 11.6 Å². The summed E-state index contributed by atoms with van der Waals surface area (Å²) >= 11 is 0. The summed E-state index contributed by atoms with van der Waals surface area (Å²) in [6.45, 7) is 3.71. The summed E-state index contributed by atoms with van der Waals surface area (Å²) < 4.78 is 5.63. The molecule has 0 radical (unpaired) electrons. The maximum atomic E-state index is 11.1. The molecule has 0 aliphatic carbocycles. The van der Waals surface area contributed by atoms with E-state index in [0.717, 1.165) is 5.56 Å². The molecule has 8 nitrogen and oxygen atoms in total. The van der Waals surface area contributed by atoms with Gasteiger partial charge in [0.25, 0.3) is 0 Å². The standard InChI is InChI=1S/C13H15N5O3/c1-3-9-12(17-14)15-7-16-13(9)21-11-6-8(2)4-5-10(11)18(19)20/h4-7H,3,14H2,1-2H3,(H,15,16,17). The molecule has 3 N–H and O–H groups in total. The van der Waals surface area contributed by atoms with Gasteiger partial charge in [-0.3, -0.25) is 10.1 Å². The fraction of sp³-hybridized carbons (Fsp3) is 0.231. The number of anilines is 1. The van der Waals surface area contributed by atoms with Crippen LogP contribution in [0.1, 0.15) is 18.1 Å². The Morgan fingerprint density at radius 2 is 2.19 bits per heavy atom. The van der Waals surface area contributed by atoms with Crippen LogP contribution in [0.25, 0.3) is 0 Å². The third kappa shape index (κ3) is 3.06. The van der Waals surface area contributed by atoms with Crippen LogP contribution >= 0.6 is 0 Å². The molecule has 110 valence electrons. The van der Waals surface area contributed by atoms with Gasteiger partial charge < -0.3 is 10.2 Å². The second kappa shape index (κ2) is 6.14. The van der Waals surface area contributed by atoms with Gasteiger partial charge in [0.1, 0.15) is 12.1 Å². The van der Waals surface area contributed by atoms with Gasteiger partial charge >= 0.3 is 5.69 Å². The molecule has 0 saturated carbocycles. The van der Waals surface area contributed by atoms with Gasteiger partial charge in [-0.1, -0.05) is 13.0 Å². The number of nitro benzene ring substituents is 1. The van der Waals surface area contributed by atoms with Gasteiger partial charge in [-0.05, 0) is 25.0 Å². The molecular weight excluding hydrogens is 274 g/mol. The van der Waals surface area contributed by atoms with E-state index >= 15 is 0 Å². The minimum absolute atomic E-state index is 0.122. The van der Waals surface area contributed by atoms with Crippen molar-refractivity contribution < 1.29 is 9.66 Å². The van der Waals surface area contributed by atoms with Gasteiger partial charge in [-0.2, -0.15) is 0 Å². The highest BCUT2D eigenvalue weighted by Crippen LogP contribution is 2.33. The van der Waals surface area contributed by atoms with Crippen LogP contribution < -0.4 is 16.0 Å². The van der Waals surface area contributed by atoms with Gasteiger partial charge in [0.15, 0.2) is 0 Å². The van der Waals surface area contributed by atoms with Crippen LogP contribution in [0.3, 0.4) is 0 Å². The molecule has 21 heavy (non-hydrogen) atoms. The Bertz CT molecular complexity index is 675. The Balaban J connectivity index is 2.47. The first-order chi connectivity index (χ1) is 10.1. The summed E-state index contributed by atoms with van der Waals surface area (Å²) in [5.41, 5.74) is 3.83. The van der Waals surface area contributed by atoms with Crippen LogP contribution in [0, 0.1) is 17.0 Å². The van der Waals surface area contributed by atoms with E-state index in [1.54, 1.807) is 12.1 Å². The van der Waals surface area contributed by atoms with Crippen molar-refractivity contribution in [2.45, 2.75) is 20.3 Å². The zero-order chi connectivity index (χ0) is 15.4. The molecule has 0 unspecified atom stereocenters. The molecule has 2 aromatic rings. The van der Waals surface area contributed by atoms with E-state index in [2.05, 4.69) is 15.4 Å². The highest BCUT2D eigenvalue weighted by Gasteiger charge is 2.19. The number of hydrazine groups is 1. The summed E-state index contributed by atoms with van der Waals surface area (Å²) in [5.74, 6) is 6.20. The van der Waals surface area contributed by atoms with Crippen molar-refractivity contribution >= 4 is 11.5 Å². The first-order valence-electron chi connectivity index (χ1n) is 6.30. The van der Waals surface area contributed by atoms with Crippen molar-refractivity contribution in [3.63, 3.8) is 0 Å². The number of nitro groups is 1. The molecule has 0 fully saturated rings. The van der Waals surface area contributed by atoms with E-state index in [0.29, 0.717) is 17.8 Å². The average molecular weight is 289 g/mol. The molecule has 1 aromatic carbocycles. The Kier molecular flexibility index (Phi) is 4.29. The van der Waals surface area contributed by atoms with E-state index in [-0.39, 0.29) is 17.3 Å². The highest BCUT2D eigenvalue weighted by atomic mass is 16.6. The normalized spacial score (nSPS) is 10.2. The molecule has 0 amide bonds. The molecular formula is C13H15N5O3. The lowest BCUT2D eigenvalue weighted by atomic mass is 10.2. The van der Waals surface area contributed by atoms with Crippen LogP contribution in [-0.2, 0) is 6.42 Å². The number of rotatable bonds is 5. The van der Waals surface area contributed by atoms with Gasteiger partial charge in [-0.25, -0.2) is 15.8 Å². The number of nitrogens with zero attached hydrogens (tertiary/aromatic N) is 3. The predicted molar refractivity (Wildman–Crippen MR) is 77.1 cm³/mol. The lowest BCUT2D eigenvalue weighted by Crippen LogP contribution is -2.12. The topological polar surface area (TPSA) is 116 Å². The fourth-order valence-electron chi connectivity index (χ4n) is 1.89. The van der Waals surface area contributed by atoms with Crippen molar-refractivity contribution in [2.75, 3.05) is 5.43 Å². The van der Waals surface area contributed by atoms with Crippen LogP contribution in [-0.4, -0.2) is 14.9 Å². The number of hydrogen-bond donors (Lipinski definition) is 2. The molecule has 2 rings (SSSR count). The smallest absolute Gasteiger partial charge is 0.311 e. The number of hydrogen-bond acceptors (Lipinski definition) is 7. The van der Waals surface area contributed by atoms with Crippen molar-refractivity contribution in [2.24, 2.45) is 5.84 Å². The van der Waals surface area contributed by atoms with E-state index in [9.17, 15) is 10.1 Å². The molecule has 1 aromatic heterocycles. The highest BCUT2D eigenvalue weighted by molar-refractivity contribution is 5.53. The average Bonchev–Trinajstić information content (AvgIpc) is 2.46. The Hall–Kier alpha value is -2.74. The van der Waals surface area contributed by atoms with E-state index in [4.69, 9.17) is 10.6 Å². The molecule has 8 heteroatoms. The van der Waals surface area contributed by atoms with Crippen LogP contribution in [0.15, 0.2) is 24.5 Å². The third-order valence-electron chi connectivity index (χ3n) is 2.91. The van der Waals surface area contributed by atoms with Crippen LogP contribution in [0.4, 0.5) is 11.5 Å². The number of benzene rings is 1. The summed E-state index contributed by atoms with van der Waals surface area (Å²) in [4.78, 5) is 18.6. The maximum absolute atomic E-state index is 11.1. The van der Waals surface area contributed by atoms with E-state index in [1.165, 1.54) is 12.4 Å². The first kappa shape index (κ1) is 14.7. The fourth-order valence-corrected chi connectivity index (χ4v) is 1.89. The minimum atomic E-state index is -0.496.